The van der Waals surface area contributed by atoms with Crippen LogP contribution in [-0.4, -0.2) is 10.9 Å². The molecule has 1 amide bonds. The van der Waals surface area contributed by atoms with Gasteiger partial charge in [0.2, 0.25) is 5.91 Å². The van der Waals surface area contributed by atoms with Gasteiger partial charge in [-0.15, -0.1) is 11.3 Å². The average Bonchev–Trinajstić information content (AvgIpc) is 3.09. The molecule has 130 valence electrons. The highest BCUT2D eigenvalue weighted by Gasteiger charge is 2.10. The molecule has 1 heterocycles. The van der Waals surface area contributed by atoms with Crippen LogP contribution in [0.2, 0.25) is 0 Å². The van der Waals surface area contributed by atoms with Crippen molar-refractivity contribution in [1.29, 1.82) is 5.26 Å². The molecule has 5 nitrogen and oxygen atoms in total. The van der Waals surface area contributed by atoms with Crippen LogP contribution < -0.4 is 10.1 Å². The Labute approximate surface area is 155 Å². The number of nitriles is 1. The molecule has 0 unspecified atom stereocenters. The van der Waals surface area contributed by atoms with E-state index in [1.807, 2.05) is 36.6 Å². The summed E-state index contributed by atoms with van der Waals surface area (Å²) in [5.41, 5.74) is 2.81. The summed E-state index contributed by atoms with van der Waals surface area (Å²) in [5, 5.41) is 14.5. The predicted octanol–water partition coefficient (Wildman–Crippen LogP) is 4.08. The number of nitrogens with one attached hydrogen (secondary N) is 1. The molecule has 0 saturated heterocycles. The van der Waals surface area contributed by atoms with E-state index < -0.39 is 0 Å². The van der Waals surface area contributed by atoms with Crippen LogP contribution in [0.4, 0.5) is 5.69 Å². The molecule has 1 aromatic heterocycles. The number of hydrogen-bond acceptors (Lipinski definition) is 5. The Morgan fingerprint density at radius 2 is 2.00 bits per heavy atom. The van der Waals surface area contributed by atoms with E-state index in [2.05, 4.69) is 16.4 Å². The molecule has 0 radical (unpaired) electrons. The normalized spacial score (nSPS) is 10.2. The summed E-state index contributed by atoms with van der Waals surface area (Å²) in [6.45, 7) is 2.39. The van der Waals surface area contributed by atoms with Crippen LogP contribution in [0.15, 0.2) is 53.9 Å². The minimum absolute atomic E-state index is 0.154. The van der Waals surface area contributed by atoms with E-state index in [0.717, 1.165) is 10.8 Å². The minimum atomic E-state index is -0.205. The summed E-state index contributed by atoms with van der Waals surface area (Å²) < 4.78 is 5.70. The molecule has 2 aromatic carbocycles. The molecule has 26 heavy (non-hydrogen) atoms. The Bertz CT molecular complexity index is 942. The van der Waals surface area contributed by atoms with Crippen molar-refractivity contribution in [2.45, 2.75) is 20.0 Å². The molecule has 0 aliphatic carbocycles. The van der Waals surface area contributed by atoms with Gasteiger partial charge in [0.25, 0.3) is 0 Å². The van der Waals surface area contributed by atoms with Crippen LogP contribution in [0.5, 0.6) is 5.75 Å². The fourth-order valence-corrected chi connectivity index (χ4v) is 3.03. The third kappa shape index (κ3) is 4.68. The molecule has 0 atom stereocenters. The smallest absolute Gasteiger partial charge is 0.230 e. The van der Waals surface area contributed by atoms with Gasteiger partial charge in [0, 0.05) is 5.38 Å². The van der Waals surface area contributed by atoms with E-state index in [-0.39, 0.29) is 12.3 Å². The van der Waals surface area contributed by atoms with Crippen LogP contribution in [0.25, 0.3) is 0 Å². The average molecular weight is 363 g/mol. The van der Waals surface area contributed by atoms with Crippen molar-refractivity contribution >= 4 is 22.9 Å². The number of ether oxygens (including phenoxy) is 1. The largest absolute Gasteiger partial charge is 0.486 e. The molecule has 0 saturated carbocycles. The number of nitrogens with zero attached hydrogens (tertiary/aromatic N) is 2. The summed E-state index contributed by atoms with van der Waals surface area (Å²) in [7, 11) is 0. The van der Waals surface area contributed by atoms with Crippen LogP contribution in [0.3, 0.4) is 0 Å². The molecule has 0 aliphatic rings. The summed E-state index contributed by atoms with van der Waals surface area (Å²) in [4.78, 5) is 16.6. The lowest BCUT2D eigenvalue weighted by Crippen LogP contribution is -2.15. The third-order valence-electron chi connectivity index (χ3n) is 3.65. The highest BCUT2D eigenvalue weighted by atomic mass is 32.1. The minimum Gasteiger partial charge on any atom is -0.486 e. The van der Waals surface area contributed by atoms with Crippen LogP contribution in [0, 0.1) is 18.3 Å². The quantitative estimate of drug-likeness (QED) is 0.716. The van der Waals surface area contributed by atoms with Crippen molar-refractivity contribution in [3.63, 3.8) is 0 Å². The number of benzene rings is 2. The van der Waals surface area contributed by atoms with Crippen molar-refractivity contribution in [1.82, 2.24) is 4.98 Å². The van der Waals surface area contributed by atoms with E-state index >= 15 is 0 Å². The predicted molar refractivity (Wildman–Crippen MR) is 101 cm³/mol. The summed E-state index contributed by atoms with van der Waals surface area (Å²) >= 11 is 1.46. The first-order valence-electron chi connectivity index (χ1n) is 8.06. The van der Waals surface area contributed by atoms with Gasteiger partial charge in [-0.25, -0.2) is 4.98 Å². The summed E-state index contributed by atoms with van der Waals surface area (Å²) in [6.07, 6.45) is 0.154. The number of aromatic nitrogens is 1. The van der Waals surface area contributed by atoms with Gasteiger partial charge >= 0.3 is 0 Å². The summed E-state index contributed by atoms with van der Waals surface area (Å²) in [5.74, 6) is 0.585. The highest BCUT2D eigenvalue weighted by molar-refractivity contribution is 7.09. The Morgan fingerprint density at radius 1 is 1.23 bits per heavy atom. The van der Waals surface area contributed by atoms with Gasteiger partial charge in [0.1, 0.15) is 23.4 Å². The van der Waals surface area contributed by atoms with Gasteiger partial charge in [-0.3, -0.25) is 4.79 Å². The van der Waals surface area contributed by atoms with Crippen LogP contribution in [-0.2, 0) is 17.8 Å². The number of anilines is 1. The van der Waals surface area contributed by atoms with Crippen molar-refractivity contribution < 1.29 is 9.53 Å². The maximum atomic E-state index is 12.2. The fourth-order valence-electron chi connectivity index (χ4n) is 2.32. The second kappa shape index (κ2) is 8.28. The maximum Gasteiger partial charge on any atom is 0.230 e. The monoisotopic (exact) mass is 363 g/mol. The molecule has 1 N–H and O–H groups in total. The zero-order valence-electron chi connectivity index (χ0n) is 14.2. The molecular weight excluding hydrogens is 346 g/mol. The second-order valence-corrected chi connectivity index (χ2v) is 6.66. The van der Waals surface area contributed by atoms with Crippen LogP contribution >= 0.6 is 11.3 Å². The second-order valence-electron chi connectivity index (χ2n) is 5.72. The first-order valence-corrected chi connectivity index (χ1v) is 8.94. The van der Waals surface area contributed by atoms with E-state index in [1.165, 1.54) is 16.9 Å². The van der Waals surface area contributed by atoms with Crippen molar-refractivity contribution in [3.05, 3.63) is 75.7 Å². The number of para-hydroxylation sites is 1. The lowest BCUT2D eigenvalue weighted by molar-refractivity contribution is -0.115. The van der Waals surface area contributed by atoms with Crippen LogP contribution in [0.1, 0.15) is 21.8 Å². The molecule has 0 fully saturated rings. The zero-order chi connectivity index (χ0) is 18.4. The van der Waals surface area contributed by atoms with E-state index in [9.17, 15) is 4.79 Å². The van der Waals surface area contributed by atoms with Gasteiger partial charge in [-0.2, -0.15) is 5.26 Å². The first-order chi connectivity index (χ1) is 12.6. The molecule has 0 aliphatic heterocycles. The van der Waals surface area contributed by atoms with E-state index in [1.54, 1.807) is 24.3 Å². The topological polar surface area (TPSA) is 75.0 Å². The Morgan fingerprint density at radius 3 is 2.77 bits per heavy atom. The number of thiazole rings is 1. The summed E-state index contributed by atoms with van der Waals surface area (Å²) in [6, 6.07) is 16.8. The number of aryl methyl sites for hydroxylation is 1. The highest BCUT2D eigenvalue weighted by Crippen LogP contribution is 2.17. The van der Waals surface area contributed by atoms with Gasteiger partial charge < -0.3 is 10.1 Å². The van der Waals surface area contributed by atoms with Gasteiger partial charge in [-0.05, 0) is 31.2 Å². The Hall–Kier alpha value is -3.17. The fraction of sp³-hybridized carbons (Fsp3) is 0.150. The standard InChI is InChI=1S/C20H17N3O2S/c1-14-6-8-17(9-7-14)25-12-20-22-16(13-26-20)10-19(24)23-18-5-3-2-4-15(18)11-21/h2-9,13H,10,12H2,1H3,(H,23,24). The third-order valence-corrected chi connectivity index (χ3v) is 4.52. The molecule has 0 bridgehead atoms. The van der Waals surface area contributed by atoms with E-state index in [0.29, 0.717) is 23.6 Å². The zero-order valence-corrected chi connectivity index (χ0v) is 15.0. The number of amides is 1. The molecule has 3 aromatic rings. The molecular formula is C20H17N3O2S. The van der Waals surface area contributed by atoms with E-state index in [4.69, 9.17) is 10.00 Å². The van der Waals surface area contributed by atoms with Gasteiger partial charge in [-0.1, -0.05) is 29.8 Å². The Kier molecular flexibility index (Phi) is 5.62. The van der Waals surface area contributed by atoms with Gasteiger partial charge in [0.15, 0.2) is 0 Å². The molecule has 3 rings (SSSR count). The molecule has 0 spiro atoms. The number of carbonyl (C=O) groups is 1. The number of hydrogen-bond donors (Lipinski definition) is 1. The number of carbonyl (C=O) groups excluding carboxylic acids is 1. The first kappa shape index (κ1) is 17.6. The van der Waals surface area contributed by atoms with Gasteiger partial charge in [0.05, 0.1) is 23.4 Å². The van der Waals surface area contributed by atoms with Crippen molar-refractivity contribution in [2.24, 2.45) is 0 Å². The number of rotatable bonds is 6. The SMILES string of the molecule is Cc1ccc(OCc2nc(CC(=O)Nc3ccccc3C#N)cs2)cc1. The van der Waals surface area contributed by atoms with Crippen molar-refractivity contribution in [2.75, 3.05) is 5.32 Å². The van der Waals surface area contributed by atoms with Crippen molar-refractivity contribution in [3.8, 4) is 11.8 Å². The lowest BCUT2D eigenvalue weighted by Gasteiger charge is -2.05. The lowest BCUT2D eigenvalue weighted by atomic mass is 10.2. The maximum absolute atomic E-state index is 12.2. The molecule has 6 heteroatoms. The Balaban J connectivity index is 1.55.